The van der Waals surface area contributed by atoms with Gasteiger partial charge in [0.25, 0.3) is 0 Å². The standard InChI is InChI=1S/C22H28O6/c1-24-15-18-19(25-2)20(26-13-16-9-5-3-6-10-16)21(22(23)28-18)27-14-17-11-7-4-8-12-17/h3-12,18-23H,13-15H2,1-2H3/t18-,19+,20+,21-,22+/m1/s1. The molecule has 0 unspecified atom stereocenters. The zero-order valence-corrected chi connectivity index (χ0v) is 16.3. The fourth-order valence-corrected chi connectivity index (χ4v) is 3.38. The number of hydrogen-bond donors (Lipinski definition) is 1. The quantitative estimate of drug-likeness (QED) is 0.712. The maximum absolute atomic E-state index is 10.6. The van der Waals surface area contributed by atoms with E-state index in [2.05, 4.69) is 0 Å². The van der Waals surface area contributed by atoms with Crippen LogP contribution in [0.3, 0.4) is 0 Å². The van der Waals surface area contributed by atoms with Crippen LogP contribution in [0.25, 0.3) is 0 Å². The summed E-state index contributed by atoms with van der Waals surface area (Å²) < 4.78 is 28.8. The van der Waals surface area contributed by atoms with E-state index >= 15 is 0 Å². The lowest BCUT2D eigenvalue weighted by Gasteiger charge is -2.43. The molecular formula is C22H28O6. The summed E-state index contributed by atoms with van der Waals surface area (Å²) in [4.78, 5) is 0. The van der Waals surface area contributed by atoms with Crippen LogP contribution in [0.5, 0.6) is 0 Å². The van der Waals surface area contributed by atoms with Crippen molar-refractivity contribution in [3.05, 3.63) is 71.8 Å². The van der Waals surface area contributed by atoms with Crippen molar-refractivity contribution in [3.8, 4) is 0 Å². The van der Waals surface area contributed by atoms with E-state index in [0.717, 1.165) is 11.1 Å². The Morgan fingerprint density at radius 3 is 1.82 bits per heavy atom. The second-order valence-electron chi connectivity index (χ2n) is 6.74. The summed E-state index contributed by atoms with van der Waals surface area (Å²) in [6.45, 7) is 0.998. The van der Waals surface area contributed by atoms with Crippen LogP contribution in [0.1, 0.15) is 11.1 Å². The van der Waals surface area contributed by atoms with Crippen molar-refractivity contribution in [2.24, 2.45) is 0 Å². The Hall–Kier alpha value is -1.80. The Bertz CT molecular complexity index is 680. The summed E-state index contributed by atoms with van der Waals surface area (Å²) in [5.41, 5.74) is 2.04. The molecule has 6 heteroatoms. The average Bonchev–Trinajstić information content (AvgIpc) is 2.73. The molecular weight excluding hydrogens is 360 g/mol. The molecule has 0 radical (unpaired) electrons. The lowest BCUT2D eigenvalue weighted by molar-refractivity contribution is -0.311. The van der Waals surface area contributed by atoms with Gasteiger partial charge in [0.2, 0.25) is 0 Å². The van der Waals surface area contributed by atoms with E-state index in [1.54, 1.807) is 14.2 Å². The Morgan fingerprint density at radius 2 is 1.32 bits per heavy atom. The molecule has 1 aliphatic rings. The normalized spacial score (nSPS) is 27.6. The minimum atomic E-state index is -1.14. The van der Waals surface area contributed by atoms with Gasteiger partial charge in [-0.2, -0.15) is 0 Å². The third-order valence-corrected chi connectivity index (χ3v) is 4.78. The zero-order valence-electron chi connectivity index (χ0n) is 16.3. The molecule has 28 heavy (non-hydrogen) atoms. The van der Waals surface area contributed by atoms with Crippen molar-refractivity contribution in [1.82, 2.24) is 0 Å². The Labute approximate surface area is 165 Å². The van der Waals surface area contributed by atoms with E-state index in [0.29, 0.717) is 13.2 Å². The first-order valence-corrected chi connectivity index (χ1v) is 9.39. The summed E-state index contributed by atoms with van der Waals surface area (Å²) in [7, 11) is 3.18. The fraction of sp³-hybridized carbons (Fsp3) is 0.455. The first-order chi connectivity index (χ1) is 13.7. The average molecular weight is 388 g/mol. The van der Waals surface area contributed by atoms with Gasteiger partial charge in [-0.25, -0.2) is 0 Å². The highest BCUT2D eigenvalue weighted by atomic mass is 16.7. The fourth-order valence-electron chi connectivity index (χ4n) is 3.38. The predicted molar refractivity (Wildman–Crippen MR) is 104 cm³/mol. The van der Waals surface area contributed by atoms with Crippen molar-refractivity contribution in [1.29, 1.82) is 0 Å². The first-order valence-electron chi connectivity index (χ1n) is 9.39. The van der Waals surface area contributed by atoms with Crippen LogP contribution in [-0.2, 0) is 36.9 Å². The maximum Gasteiger partial charge on any atom is 0.184 e. The molecule has 0 aromatic heterocycles. The number of hydrogen-bond acceptors (Lipinski definition) is 6. The highest BCUT2D eigenvalue weighted by molar-refractivity contribution is 5.14. The second-order valence-corrected chi connectivity index (χ2v) is 6.74. The number of aliphatic hydroxyl groups is 1. The summed E-state index contributed by atoms with van der Waals surface area (Å²) in [6, 6.07) is 19.6. The van der Waals surface area contributed by atoms with E-state index in [1.165, 1.54) is 0 Å². The summed E-state index contributed by atoms with van der Waals surface area (Å²) in [5, 5.41) is 10.6. The van der Waals surface area contributed by atoms with E-state index in [1.807, 2.05) is 60.7 Å². The smallest absolute Gasteiger partial charge is 0.184 e. The molecule has 5 atom stereocenters. The number of ether oxygens (including phenoxy) is 5. The molecule has 1 heterocycles. The van der Waals surface area contributed by atoms with E-state index < -0.39 is 30.7 Å². The number of methoxy groups -OCH3 is 2. The van der Waals surface area contributed by atoms with Crippen LogP contribution in [0.2, 0.25) is 0 Å². The van der Waals surface area contributed by atoms with Gasteiger partial charge in [0.1, 0.15) is 24.4 Å². The third-order valence-electron chi connectivity index (χ3n) is 4.78. The minimum Gasteiger partial charge on any atom is -0.382 e. The van der Waals surface area contributed by atoms with Crippen molar-refractivity contribution in [3.63, 3.8) is 0 Å². The van der Waals surface area contributed by atoms with E-state index in [-0.39, 0.29) is 6.61 Å². The predicted octanol–water partition coefficient (Wildman–Crippen LogP) is 2.54. The molecule has 1 saturated heterocycles. The van der Waals surface area contributed by atoms with Gasteiger partial charge in [0, 0.05) is 14.2 Å². The zero-order chi connectivity index (χ0) is 19.8. The van der Waals surface area contributed by atoms with Gasteiger partial charge < -0.3 is 28.8 Å². The van der Waals surface area contributed by atoms with Crippen LogP contribution >= 0.6 is 0 Å². The van der Waals surface area contributed by atoms with Gasteiger partial charge >= 0.3 is 0 Å². The Balaban J connectivity index is 1.74. The minimum absolute atomic E-state index is 0.284. The molecule has 0 spiro atoms. The molecule has 2 aromatic rings. The van der Waals surface area contributed by atoms with Crippen LogP contribution in [-0.4, -0.2) is 56.6 Å². The molecule has 1 fully saturated rings. The summed E-state index contributed by atoms with van der Waals surface area (Å²) >= 11 is 0. The molecule has 6 nitrogen and oxygen atoms in total. The molecule has 0 saturated carbocycles. The van der Waals surface area contributed by atoms with Gasteiger partial charge in [-0.15, -0.1) is 0 Å². The van der Waals surface area contributed by atoms with Crippen molar-refractivity contribution < 1.29 is 28.8 Å². The molecule has 152 valence electrons. The van der Waals surface area contributed by atoms with Crippen LogP contribution in [0.15, 0.2) is 60.7 Å². The topological polar surface area (TPSA) is 66.4 Å². The van der Waals surface area contributed by atoms with Gasteiger partial charge in [-0.1, -0.05) is 60.7 Å². The summed E-state index contributed by atoms with van der Waals surface area (Å²) in [6.07, 6.45) is -3.24. The van der Waals surface area contributed by atoms with Gasteiger partial charge in [0.15, 0.2) is 6.29 Å². The third kappa shape index (κ3) is 5.38. The Morgan fingerprint density at radius 1 is 0.786 bits per heavy atom. The van der Waals surface area contributed by atoms with E-state index in [4.69, 9.17) is 23.7 Å². The number of rotatable bonds is 9. The molecule has 3 rings (SSSR count). The molecule has 2 aromatic carbocycles. The SMILES string of the molecule is COC[C@H]1O[C@H](O)[C@H](OCc2ccccc2)[C@@H](OCc2ccccc2)[C@H]1OC. The number of aliphatic hydroxyl groups excluding tert-OH is 1. The monoisotopic (exact) mass is 388 g/mol. The molecule has 1 aliphatic heterocycles. The highest BCUT2D eigenvalue weighted by Crippen LogP contribution is 2.28. The van der Waals surface area contributed by atoms with Crippen molar-refractivity contribution >= 4 is 0 Å². The first kappa shape index (κ1) is 20.9. The maximum atomic E-state index is 10.6. The van der Waals surface area contributed by atoms with Crippen molar-refractivity contribution in [2.75, 3.05) is 20.8 Å². The largest absolute Gasteiger partial charge is 0.382 e. The molecule has 0 aliphatic carbocycles. The van der Waals surface area contributed by atoms with Gasteiger partial charge in [-0.05, 0) is 11.1 Å². The second kappa shape index (κ2) is 10.7. The van der Waals surface area contributed by atoms with Gasteiger partial charge in [-0.3, -0.25) is 0 Å². The van der Waals surface area contributed by atoms with E-state index in [9.17, 15) is 5.11 Å². The van der Waals surface area contributed by atoms with Gasteiger partial charge in [0.05, 0.1) is 19.8 Å². The highest BCUT2D eigenvalue weighted by Gasteiger charge is 2.47. The summed E-state index contributed by atoms with van der Waals surface area (Å²) in [5.74, 6) is 0. The number of benzene rings is 2. The molecule has 0 amide bonds. The van der Waals surface area contributed by atoms with Crippen LogP contribution in [0.4, 0.5) is 0 Å². The lowest BCUT2D eigenvalue weighted by Crippen LogP contribution is -2.60. The lowest BCUT2D eigenvalue weighted by atomic mass is 9.98. The van der Waals surface area contributed by atoms with Crippen LogP contribution < -0.4 is 0 Å². The van der Waals surface area contributed by atoms with Crippen molar-refractivity contribution in [2.45, 2.75) is 43.9 Å². The molecule has 0 bridgehead atoms. The Kier molecular flexibility index (Phi) is 7.97. The van der Waals surface area contributed by atoms with Crippen LogP contribution in [0, 0.1) is 0 Å². The molecule has 1 N–H and O–H groups in total.